The minimum absolute atomic E-state index is 0.558. The van der Waals surface area contributed by atoms with Gasteiger partial charge >= 0.3 is 11.9 Å². The number of carboxylic acid groups (broad SMARTS) is 2. The topological polar surface area (TPSA) is 89.9 Å². The molecule has 0 atom stereocenters. The summed E-state index contributed by atoms with van der Waals surface area (Å²) in [5, 5.41) is 21.8. The summed E-state index contributed by atoms with van der Waals surface area (Å²) in [5.74, 6) is -1.80. The molecule has 6 heteroatoms. The number of aliphatic carboxylic acids is 2. The highest BCUT2D eigenvalue weighted by atomic mass is 16.4. The molecule has 2 aromatic rings. The molecule has 0 spiro atoms. The fraction of sp³-hybridized carbons (Fsp3) is 0.417. The maximum absolute atomic E-state index is 9.55. The summed E-state index contributed by atoms with van der Waals surface area (Å²) in [6.45, 7) is 9.25. The number of fused-ring (bicyclic) bond motifs is 1. The van der Waals surface area contributed by atoms with Crippen molar-refractivity contribution >= 4 is 22.7 Å². The fourth-order valence-corrected chi connectivity index (χ4v) is 3.70. The van der Waals surface area contributed by atoms with Crippen LogP contribution in [0.25, 0.3) is 10.8 Å². The van der Waals surface area contributed by atoms with Crippen LogP contribution in [0.2, 0.25) is 0 Å². The maximum Gasteiger partial charge on any atom is 0.328 e. The number of hydrogen-bond donors (Lipinski definition) is 3. The van der Waals surface area contributed by atoms with Gasteiger partial charge in [-0.15, -0.1) is 0 Å². The van der Waals surface area contributed by atoms with Gasteiger partial charge < -0.3 is 15.5 Å². The monoisotopic (exact) mass is 412 g/mol. The molecule has 3 N–H and O–H groups in total. The fourth-order valence-electron chi connectivity index (χ4n) is 3.70. The molecule has 0 saturated carbocycles. The normalized spacial score (nSPS) is 14.8. The van der Waals surface area contributed by atoms with Crippen molar-refractivity contribution in [3.63, 3.8) is 0 Å². The van der Waals surface area contributed by atoms with E-state index in [1.807, 2.05) is 0 Å². The van der Waals surface area contributed by atoms with Gasteiger partial charge in [0, 0.05) is 31.3 Å². The summed E-state index contributed by atoms with van der Waals surface area (Å²) < 4.78 is 0. The number of piperidine rings is 1. The highest BCUT2D eigenvalue weighted by molar-refractivity contribution is 5.89. The Balaban J connectivity index is 0.000000343. The third kappa shape index (κ3) is 8.35. The molecule has 2 aromatic carbocycles. The molecule has 30 heavy (non-hydrogen) atoms. The third-order valence-electron chi connectivity index (χ3n) is 4.99. The largest absolute Gasteiger partial charge is 0.478 e. The van der Waals surface area contributed by atoms with E-state index in [9.17, 15) is 9.59 Å². The zero-order chi connectivity index (χ0) is 21.9. The van der Waals surface area contributed by atoms with Crippen molar-refractivity contribution in [3.8, 4) is 0 Å². The average molecular weight is 413 g/mol. The first-order valence-electron chi connectivity index (χ1n) is 10.4. The number of nitrogens with one attached hydrogen (secondary N) is 1. The molecule has 0 aromatic heterocycles. The average Bonchev–Trinajstić information content (AvgIpc) is 2.72. The molecule has 1 saturated heterocycles. The van der Waals surface area contributed by atoms with Crippen LogP contribution in [0.4, 0.5) is 0 Å². The molecule has 1 fully saturated rings. The Morgan fingerprint density at radius 3 is 2.20 bits per heavy atom. The van der Waals surface area contributed by atoms with Crippen LogP contribution in [0.3, 0.4) is 0 Å². The number of carbonyl (C=O) groups is 2. The molecular weight excluding hydrogens is 380 g/mol. The molecule has 1 aliphatic heterocycles. The lowest BCUT2D eigenvalue weighted by Gasteiger charge is -2.36. The Morgan fingerprint density at radius 1 is 1.03 bits per heavy atom. The van der Waals surface area contributed by atoms with Crippen molar-refractivity contribution in [3.05, 3.63) is 60.2 Å². The predicted octanol–water partition coefficient (Wildman–Crippen LogP) is 3.76. The standard InChI is InChI=1S/C20H28N2.C4H4O4/c1-16(2)14-22(20-9-11-21-12-10-20)15-17-7-8-18-5-3-4-6-19(18)13-17;5-3(6)1-2-4(7)8/h3-8,13,16,20-21H,9-12,14-15H2,1-2H3;1-2H,(H,5,6)(H,7,8). The predicted molar refractivity (Wildman–Crippen MR) is 119 cm³/mol. The highest BCUT2D eigenvalue weighted by Crippen LogP contribution is 2.21. The second kappa shape index (κ2) is 12.1. The number of nitrogens with zero attached hydrogens (tertiary/aromatic N) is 1. The summed E-state index contributed by atoms with van der Waals surface area (Å²) in [4.78, 5) is 21.8. The van der Waals surface area contributed by atoms with E-state index in [-0.39, 0.29) is 0 Å². The molecule has 6 nitrogen and oxygen atoms in total. The number of carboxylic acids is 2. The molecule has 0 aliphatic carbocycles. The van der Waals surface area contributed by atoms with Gasteiger partial charge in [-0.3, -0.25) is 4.90 Å². The van der Waals surface area contributed by atoms with E-state index in [4.69, 9.17) is 10.2 Å². The van der Waals surface area contributed by atoms with Crippen LogP contribution in [0.15, 0.2) is 54.6 Å². The Hall–Kier alpha value is -2.70. The van der Waals surface area contributed by atoms with Gasteiger partial charge in [-0.2, -0.15) is 0 Å². The lowest BCUT2D eigenvalue weighted by molar-refractivity contribution is -0.134. The summed E-state index contributed by atoms with van der Waals surface area (Å²) in [6, 6.07) is 16.3. The van der Waals surface area contributed by atoms with Crippen molar-refractivity contribution in [2.75, 3.05) is 19.6 Å². The van der Waals surface area contributed by atoms with E-state index in [1.54, 1.807) is 0 Å². The Labute approximate surface area is 178 Å². The Kier molecular flexibility index (Phi) is 9.51. The lowest BCUT2D eigenvalue weighted by atomic mass is 10.0. The number of rotatable bonds is 7. The SMILES string of the molecule is CC(C)CN(Cc1ccc2ccccc2c1)C1CCNCC1.O=C(O)C=CC(=O)O. The van der Waals surface area contributed by atoms with Crippen LogP contribution in [0, 0.1) is 5.92 Å². The van der Waals surface area contributed by atoms with Gasteiger partial charge in [-0.05, 0) is 54.3 Å². The second-order valence-electron chi connectivity index (χ2n) is 8.00. The first kappa shape index (κ1) is 23.6. The first-order valence-corrected chi connectivity index (χ1v) is 10.4. The van der Waals surface area contributed by atoms with E-state index in [0.29, 0.717) is 12.2 Å². The van der Waals surface area contributed by atoms with Gasteiger partial charge in [-0.25, -0.2) is 9.59 Å². The Morgan fingerprint density at radius 2 is 1.63 bits per heavy atom. The van der Waals surface area contributed by atoms with Gasteiger partial charge in [-0.1, -0.05) is 50.2 Å². The third-order valence-corrected chi connectivity index (χ3v) is 4.99. The van der Waals surface area contributed by atoms with Crippen LogP contribution < -0.4 is 5.32 Å². The molecular formula is C24H32N2O4. The summed E-state index contributed by atoms with van der Waals surface area (Å²) in [5.41, 5.74) is 1.44. The van der Waals surface area contributed by atoms with Crippen molar-refractivity contribution in [2.45, 2.75) is 39.3 Å². The first-order chi connectivity index (χ1) is 14.3. The van der Waals surface area contributed by atoms with E-state index in [0.717, 1.165) is 31.6 Å². The quantitative estimate of drug-likeness (QED) is 0.600. The molecule has 3 rings (SSSR count). The molecule has 0 amide bonds. The van der Waals surface area contributed by atoms with Gasteiger partial charge in [0.05, 0.1) is 0 Å². The van der Waals surface area contributed by atoms with E-state index in [1.165, 1.54) is 35.7 Å². The summed E-state index contributed by atoms with van der Waals surface area (Å²) >= 11 is 0. The van der Waals surface area contributed by atoms with Gasteiger partial charge in [0.15, 0.2) is 0 Å². The number of hydrogen-bond acceptors (Lipinski definition) is 4. The minimum Gasteiger partial charge on any atom is -0.478 e. The highest BCUT2D eigenvalue weighted by Gasteiger charge is 2.21. The van der Waals surface area contributed by atoms with Crippen LogP contribution in [-0.4, -0.2) is 52.7 Å². The lowest BCUT2D eigenvalue weighted by Crippen LogP contribution is -2.44. The molecule has 1 heterocycles. The molecule has 1 aliphatic rings. The molecule has 0 unspecified atom stereocenters. The van der Waals surface area contributed by atoms with Crippen molar-refractivity contribution in [1.82, 2.24) is 10.2 Å². The van der Waals surface area contributed by atoms with Crippen LogP contribution in [0.5, 0.6) is 0 Å². The van der Waals surface area contributed by atoms with Gasteiger partial charge in [0.25, 0.3) is 0 Å². The van der Waals surface area contributed by atoms with Gasteiger partial charge in [0.1, 0.15) is 0 Å². The smallest absolute Gasteiger partial charge is 0.328 e. The van der Waals surface area contributed by atoms with Crippen molar-refractivity contribution in [1.29, 1.82) is 0 Å². The molecule has 0 bridgehead atoms. The Bertz CT molecular complexity index is 841. The van der Waals surface area contributed by atoms with E-state index < -0.39 is 11.9 Å². The van der Waals surface area contributed by atoms with Crippen molar-refractivity contribution < 1.29 is 19.8 Å². The second-order valence-corrected chi connectivity index (χ2v) is 8.00. The zero-order valence-corrected chi connectivity index (χ0v) is 17.8. The maximum atomic E-state index is 9.55. The minimum atomic E-state index is -1.26. The van der Waals surface area contributed by atoms with Crippen LogP contribution in [0.1, 0.15) is 32.3 Å². The number of benzene rings is 2. The molecule has 162 valence electrons. The molecule has 0 radical (unpaired) electrons. The van der Waals surface area contributed by atoms with Crippen LogP contribution in [-0.2, 0) is 16.1 Å². The van der Waals surface area contributed by atoms with Crippen molar-refractivity contribution in [2.24, 2.45) is 5.92 Å². The van der Waals surface area contributed by atoms with Gasteiger partial charge in [0.2, 0.25) is 0 Å². The van der Waals surface area contributed by atoms with Crippen LogP contribution >= 0.6 is 0 Å². The summed E-state index contributed by atoms with van der Waals surface area (Å²) in [6.07, 6.45) is 3.67. The summed E-state index contributed by atoms with van der Waals surface area (Å²) in [7, 11) is 0. The van der Waals surface area contributed by atoms with E-state index >= 15 is 0 Å². The van der Waals surface area contributed by atoms with E-state index in [2.05, 4.69) is 66.5 Å². The zero-order valence-electron chi connectivity index (χ0n) is 17.8.